The van der Waals surface area contributed by atoms with Gasteiger partial charge in [0.2, 0.25) is 5.91 Å². The van der Waals surface area contributed by atoms with Crippen molar-refractivity contribution >= 4 is 39.6 Å². The molecule has 0 aliphatic carbocycles. The minimum atomic E-state index is -0.520. The van der Waals surface area contributed by atoms with Crippen molar-refractivity contribution in [2.75, 3.05) is 7.05 Å². The quantitative estimate of drug-likeness (QED) is 0.796. The number of carbonyl (C=O) groups is 2. The van der Waals surface area contributed by atoms with Gasteiger partial charge in [-0.1, -0.05) is 27.7 Å². The van der Waals surface area contributed by atoms with Crippen LogP contribution in [0.15, 0.2) is 46.3 Å². The van der Waals surface area contributed by atoms with Gasteiger partial charge in [0.05, 0.1) is 5.25 Å². The van der Waals surface area contributed by atoms with Crippen molar-refractivity contribution in [3.8, 4) is 5.69 Å². The number of rotatable bonds is 4. The lowest BCUT2D eigenvalue weighted by Crippen LogP contribution is -2.41. The number of hydrogen-bond donors (Lipinski definition) is 2. The maximum absolute atomic E-state index is 11.9. The number of urea groups is 1. The van der Waals surface area contributed by atoms with E-state index in [4.69, 9.17) is 0 Å². The van der Waals surface area contributed by atoms with E-state index in [-0.39, 0.29) is 5.91 Å². The maximum atomic E-state index is 11.9. The Hall–Kier alpha value is -1.80. The molecule has 1 aromatic heterocycles. The van der Waals surface area contributed by atoms with Gasteiger partial charge in [0.25, 0.3) is 0 Å². The topological polar surface area (TPSA) is 76.0 Å². The maximum Gasteiger partial charge on any atom is 0.321 e. The van der Waals surface area contributed by atoms with Crippen LogP contribution < -0.4 is 10.6 Å². The molecule has 116 valence electrons. The number of imide groups is 1. The standard InChI is InChI=1S/C14H15BrN4O2S/c1-9(12(20)18-13(21)16-2)22-14-17-7-8-19(14)11-5-3-10(15)4-6-11/h3-9H,1-2H3,(H2,16,18,20,21). The molecule has 8 heteroatoms. The Morgan fingerprint density at radius 2 is 2.00 bits per heavy atom. The normalized spacial score (nSPS) is 11.8. The van der Waals surface area contributed by atoms with Gasteiger partial charge in [-0.05, 0) is 31.2 Å². The molecular weight excluding hydrogens is 368 g/mol. The Morgan fingerprint density at radius 1 is 1.32 bits per heavy atom. The van der Waals surface area contributed by atoms with Crippen molar-refractivity contribution in [1.82, 2.24) is 20.2 Å². The van der Waals surface area contributed by atoms with Crippen LogP contribution in [0.5, 0.6) is 0 Å². The molecule has 22 heavy (non-hydrogen) atoms. The number of imidazole rings is 1. The monoisotopic (exact) mass is 382 g/mol. The summed E-state index contributed by atoms with van der Waals surface area (Å²) < 4.78 is 2.88. The Labute approximate surface area is 140 Å². The van der Waals surface area contributed by atoms with Crippen LogP contribution in [-0.2, 0) is 4.79 Å². The third-order valence-corrected chi connectivity index (χ3v) is 4.44. The number of carbonyl (C=O) groups excluding carboxylic acids is 2. The predicted octanol–water partition coefficient (Wildman–Crippen LogP) is 2.57. The first-order valence-electron chi connectivity index (χ1n) is 6.50. The molecule has 1 unspecified atom stereocenters. The molecule has 1 heterocycles. The van der Waals surface area contributed by atoms with E-state index in [1.54, 1.807) is 13.1 Å². The molecule has 2 rings (SSSR count). The third kappa shape index (κ3) is 4.11. The minimum absolute atomic E-state index is 0.366. The van der Waals surface area contributed by atoms with E-state index < -0.39 is 11.3 Å². The summed E-state index contributed by atoms with van der Waals surface area (Å²) in [5, 5.41) is 4.83. The average molecular weight is 383 g/mol. The van der Waals surface area contributed by atoms with E-state index in [2.05, 4.69) is 31.5 Å². The Kier molecular flexibility index (Phi) is 5.62. The van der Waals surface area contributed by atoms with Crippen LogP contribution >= 0.6 is 27.7 Å². The fourth-order valence-corrected chi connectivity index (χ4v) is 2.81. The van der Waals surface area contributed by atoms with Crippen molar-refractivity contribution in [2.45, 2.75) is 17.3 Å². The second kappa shape index (κ2) is 7.46. The van der Waals surface area contributed by atoms with Gasteiger partial charge in [-0.2, -0.15) is 0 Å². The lowest BCUT2D eigenvalue weighted by molar-refractivity contribution is -0.119. The SMILES string of the molecule is CNC(=O)NC(=O)C(C)Sc1nccn1-c1ccc(Br)cc1. The average Bonchev–Trinajstić information content (AvgIpc) is 2.95. The second-order valence-electron chi connectivity index (χ2n) is 4.38. The number of amides is 3. The largest absolute Gasteiger partial charge is 0.341 e. The van der Waals surface area contributed by atoms with Crippen LogP contribution in [0.2, 0.25) is 0 Å². The molecule has 2 aromatic rings. The fraction of sp³-hybridized carbons (Fsp3) is 0.214. The summed E-state index contributed by atoms with van der Waals surface area (Å²) in [5.74, 6) is -0.366. The highest BCUT2D eigenvalue weighted by Gasteiger charge is 2.19. The van der Waals surface area contributed by atoms with Crippen LogP contribution in [-0.4, -0.2) is 33.8 Å². The summed E-state index contributed by atoms with van der Waals surface area (Å²) in [7, 11) is 1.46. The molecule has 0 aliphatic heterocycles. The van der Waals surface area contributed by atoms with Gasteiger partial charge < -0.3 is 5.32 Å². The van der Waals surface area contributed by atoms with Crippen molar-refractivity contribution in [3.63, 3.8) is 0 Å². The predicted molar refractivity (Wildman–Crippen MR) is 89.2 cm³/mol. The number of benzene rings is 1. The van der Waals surface area contributed by atoms with Crippen molar-refractivity contribution in [3.05, 3.63) is 41.1 Å². The number of nitrogens with one attached hydrogen (secondary N) is 2. The van der Waals surface area contributed by atoms with E-state index in [9.17, 15) is 9.59 Å². The summed E-state index contributed by atoms with van der Waals surface area (Å²) >= 11 is 4.68. The molecule has 0 saturated heterocycles. The highest BCUT2D eigenvalue weighted by molar-refractivity contribution is 9.10. The fourth-order valence-electron chi connectivity index (χ4n) is 1.66. The van der Waals surface area contributed by atoms with E-state index in [0.29, 0.717) is 5.16 Å². The zero-order chi connectivity index (χ0) is 16.1. The van der Waals surface area contributed by atoms with Gasteiger partial charge in [0.1, 0.15) is 0 Å². The summed E-state index contributed by atoms with van der Waals surface area (Å²) in [6, 6.07) is 7.25. The molecule has 1 atom stereocenters. The van der Waals surface area contributed by atoms with Crippen LogP contribution in [0.4, 0.5) is 4.79 Å². The Morgan fingerprint density at radius 3 is 2.64 bits per heavy atom. The summed E-state index contributed by atoms with van der Waals surface area (Å²) in [6.45, 7) is 1.73. The Bertz CT molecular complexity index is 672. The van der Waals surface area contributed by atoms with Gasteiger partial charge in [0.15, 0.2) is 5.16 Å². The van der Waals surface area contributed by atoms with E-state index >= 15 is 0 Å². The van der Waals surface area contributed by atoms with E-state index in [1.807, 2.05) is 35.0 Å². The number of nitrogens with zero attached hydrogens (tertiary/aromatic N) is 2. The van der Waals surface area contributed by atoms with Gasteiger partial charge >= 0.3 is 6.03 Å². The number of halogens is 1. The van der Waals surface area contributed by atoms with E-state index in [1.165, 1.54) is 18.8 Å². The molecule has 1 aromatic carbocycles. The number of hydrogen-bond acceptors (Lipinski definition) is 4. The molecule has 3 amide bonds. The second-order valence-corrected chi connectivity index (χ2v) is 6.61. The zero-order valence-electron chi connectivity index (χ0n) is 12.0. The Balaban J connectivity index is 2.11. The lowest BCUT2D eigenvalue weighted by Gasteiger charge is -2.12. The molecule has 0 fully saturated rings. The third-order valence-electron chi connectivity index (χ3n) is 2.83. The minimum Gasteiger partial charge on any atom is -0.341 e. The zero-order valence-corrected chi connectivity index (χ0v) is 14.4. The molecular formula is C14H15BrN4O2S. The molecule has 2 N–H and O–H groups in total. The highest BCUT2D eigenvalue weighted by atomic mass is 79.9. The van der Waals surface area contributed by atoms with Crippen molar-refractivity contribution < 1.29 is 9.59 Å². The first kappa shape index (κ1) is 16.6. The van der Waals surface area contributed by atoms with Crippen LogP contribution in [0, 0.1) is 0 Å². The van der Waals surface area contributed by atoms with Crippen LogP contribution in [0.3, 0.4) is 0 Å². The summed E-state index contributed by atoms with van der Waals surface area (Å²) in [4.78, 5) is 27.3. The molecule has 0 aliphatic rings. The van der Waals surface area contributed by atoms with Crippen molar-refractivity contribution in [1.29, 1.82) is 0 Å². The van der Waals surface area contributed by atoms with Crippen LogP contribution in [0.25, 0.3) is 5.69 Å². The molecule has 0 spiro atoms. The summed E-state index contributed by atoms with van der Waals surface area (Å²) in [5.41, 5.74) is 0.946. The molecule has 0 bridgehead atoms. The first-order valence-corrected chi connectivity index (χ1v) is 8.17. The van der Waals surface area contributed by atoms with Gasteiger partial charge in [-0.3, -0.25) is 14.7 Å². The first-order chi connectivity index (χ1) is 10.5. The molecule has 0 radical (unpaired) electrons. The van der Waals surface area contributed by atoms with E-state index in [0.717, 1.165) is 10.2 Å². The molecule has 6 nitrogen and oxygen atoms in total. The number of aromatic nitrogens is 2. The number of thioether (sulfide) groups is 1. The van der Waals surface area contributed by atoms with Crippen molar-refractivity contribution in [2.24, 2.45) is 0 Å². The molecule has 0 saturated carbocycles. The van der Waals surface area contributed by atoms with Gasteiger partial charge in [0, 0.05) is 29.6 Å². The van der Waals surface area contributed by atoms with Gasteiger partial charge in [-0.25, -0.2) is 9.78 Å². The lowest BCUT2D eigenvalue weighted by atomic mass is 10.3. The van der Waals surface area contributed by atoms with Crippen LogP contribution in [0.1, 0.15) is 6.92 Å². The highest BCUT2D eigenvalue weighted by Crippen LogP contribution is 2.25. The smallest absolute Gasteiger partial charge is 0.321 e. The summed E-state index contributed by atoms with van der Waals surface area (Å²) in [6.07, 6.45) is 3.50. The van der Waals surface area contributed by atoms with Gasteiger partial charge in [-0.15, -0.1) is 0 Å².